The highest BCUT2D eigenvalue weighted by molar-refractivity contribution is 6.01. The van der Waals surface area contributed by atoms with Crippen LogP contribution in [0.2, 0.25) is 0 Å². The summed E-state index contributed by atoms with van der Waals surface area (Å²) in [5, 5.41) is 3.16. The average Bonchev–Trinajstić information content (AvgIpc) is 2.97. The summed E-state index contributed by atoms with van der Waals surface area (Å²) in [6.45, 7) is 5.41. The van der Waals surface area contributed by atoms with Gasteiger partial charge in [-0.05, 0) is 18.1 Å². The molecule has 1 N–H and O–H groups in total. The van der Waals surface area contributed by atoms with E-state index in [0.29, 0.717) is 5.57 Å². The van der Waals surface area contributed by atoms with Gasteiger partial charge in [0.2, 0.25) is 0 Å². The van der Waals surface area contributed by atoms with Gasteiger partial charge in [0.25, 0.3) is 0 Å². The lowest BCUT2D eigenvalue weighted by Gasteiger charge is -1.96. The number of carbonyl (C=O) groups is 1. The summed E-state index contributed by atoms with van der Waals surface area (Å²) in [6, 6.07) is 10.2. The topological polar surface area (TPSA) is 39.0 Å². The van der Waals surface area contributed by atoms with Crippen LogP contribution in [0.25, 0.3) is 0 Å². The monoisotopic (exact) mass is 187 g/mol. The fourth-order valence-corrected chi connectivity index (χ4v) is 1.58. The summed E-state index contributed by atoms with van der Waals surface area (Å²) in [5.41, 5.74) is 1.80. The molecule has 0 saturated carbocycles. The van der Waals surface area contributed by atoms with Crippen LogP contribution in [0.5, 0.6) is 0 Å². The van der Waals surface area contributed by atoms with Crippen molar-refractivity contribution in [2.75, 3.05) is 0 Å². The second-order valence-electron chi connectivity index (χ2n) is 3.68. The Bertz CT molecular complexity index is 369. The van der Waals surface area contributed by atoms with Crippen LogP contribution < -0.4 is 5.32 Å². The van der Waals surface area contributed by atoms with Crippen LogP contribution >= 0.6 is 0 Å². The van der Waals surface area contributed by atoms with Gasteiger partial charge in [-0.2, -0.15) is 0 Å². The summed E-state index contributed by atoms with van der Waals surface area (Å²) >= 11 is 0. The molecule has 1 aromatic rings. The molecule has 2 heteroatoms. The Kier molecular flexibility index (Phi) is 2.22. The molecule has 1 aromatic carbocycles. The first-order valence-corrected chi connectivity index (χ1v) is 4.71. The summed E-state index contributed by atoms with van der Waals surface area (Å²) in [6.07, 6.45) is 0. The Balaban J connectivity index is 2.07. The van der Waals surface area contributed by atoms with Crippen molar-refractivity contribution in [2.45, 2.75) is 19.0 Å². The normalized spacial score (nSPS) is 24.4. The Morgan fingerprint density at radius 2 is 2.00 bits per heavy atom. The van der Waals surface area contributed by atoms with Crippen molar-refractivity contribution in [1.82, 2.24) is 5.32 Å². The lowest BCUT2D eigenvalue weighted by molar-refractivity contribution is -0.115. The van der Waals surface area contributed by atoms with E-state index in [1.54, 1.807) is 6.92 Å². The van der Waals surface area contributed by atoms with Crippen LogP contribution in [0.3, 0.4) is 0 Å². The van der Waals surface area contributed by atoms with Crippen LogP contribution in [0.1, 0.15) is 18.5 Å². The van der Waals surface area contributed by atoms with Gasteiger partial charge in [0.1, 0.15) is 0 Å². The molecule has 0 spiro atoms. The molecular weight excluding hydrogens is 174 g/mol. The lowest BCUT2D eigenvalue weighted by Crippen LogP contribution is -2.10. The number of hydrogen-bond acceptors (Lipinski definition) is 2. The predicted octanol–water partition coefficient (Wildman–Crippen LogP) is 1.84. The third-order valence-electron chi connectivity index (χ3n) is 2.45. The van der Waals surface area contributed by atoms with Gasteiger partial charge in [-0.3, -0.25) is 10.1 Å². The summed E-state index contributed by atoms with van der Waals surface area (Å²) < 4.78 is 0. The zero-order valence-electron chi connectivity index (χ0n) is 8.16. The van der Waals surface area contributed by atoms with Gasteiger partial charge in [0.15, 0.2) is 5.78 Å². The quantitative estimate of drug-likeness (QED) is 0.579. The molecule has 0 unspecified atom stereocenters. The van der Waals surface area contributed by atoms with E-state index in [9.17, 15) is 4.79 Å². The first kappa shape index (κ1) is 9.16. The van der Waals surface area contributed by atoms with Crippen molar-refractivity contribution in [3.05, 3.63) is 48.0 Å². The Morgan fingerprint density at radius 1 is 1.36 bits per heavy atom. The van der Waals surface area contributed by atoms with E-state index >= 15 is 0 Å². The molecule has 0 amide bonds. The van der Waals surface area contributed by atoms with E-state index in [4.69, 9.17) is 0 Å². The van der Waals surface area contributed by atoms with E-state index < -0.39 is 0 Å². The Labute approximate surface area is 83.6 Å². The molecule has 0 bridgehead atoms. The molecule has 72 valence electrons. The van der Waals surface area contributed by atoms with E-state index in [0.717, 1.165) is 0 Å². The standard InChI is InChI=1S/C12H13NO/c1-8(2)12(14)11-10(13-11)9-6-4-3-5-7-9/h3-7,10-11,13H,1H2,2H3/t10-,11+/m1/s1. The van der Waals surface area contributed by atoms with Crippen LogP contribution in [0.4, 0.5) is 0 Å². The van der Waals surface area contributed by atoms with Gasteiger partial charge < -0.3 is 0 Å². The molecule has 0 radical (unpaired) electrons. The molecule has 0 aliphatic carbocycles. The first-order chi connectivity index (χ1) is 6.70. The molecule has 1 saturated heterocycles. The number of benzene rings is 1. The maximum atomic E-state index is 11.5. The SMILES string of the molecule is C=C(C)C(=O)[C@H]1N[C@@H]1c1ccccc1. The van der Waals surface area contributed by atoms with Crippen molar-refractivity contribution in [3.63, 3.8) is 0 Å². The average molecular weight is 187 g/mol. The highest BCUT2D eigenvalue weighted by Gasteiger charge is 2.42. The van der Waals surface area contributed by atoms with Gasteiger partial charge in [0.05, 0.1) is 12.1 Å². The third-order valence-corrected chi connectivity index (χ3v) is 2.45. The largest absolute Gasteiger partial charge is 0.297 e. The van der Waals surface area contributed by atoms with Gasteiger partial charge in [-0.1, -0.05) is 36.9 Å². The molecule has 2 atom stereocenters. The predicted molar refractivity (Wildman–Crippen MR) is 55.9 cm³/mol. The van der Waals surface area contributed by atoms with Crippen molar-refractivity contribution >= 4 is 5.78 Å². The molecule has 14 heavy (non-hydrogen) atoms. The number of rotatable bonds is 3. The zero-order chi connectivity index (χ0) is 10.1. The van der Waals surface area contributed by atoms with Crippen LogP contribution in [0, 0.1) is 0 Å². The van der Waals surface area contributed by atoms with Crippen molar-refractivity contribution in [2.24, 2.45) is 0 Å². The summed E-state index contributed by atoms with van der Waals surface area (Å²) in [7, 11) is 0. The first-order valence-electron chi connectivity index (χ1n) is 4.71. The van der Waals surface area contributed by atoms with Gasteiger partial charge in [-0.25, -0.2) is 0 Å². The smallest absolute Gasteiger partial charge is 0.176 e. The minimum atomic E-state index is -0.0464. The molecule has 1 heterocycles. The molecule has 1 fully saturated rings. The second kappa shape index (κ2) is 3.39. The Hall–Kier alpha value is -1.41. The maximum Gasteiger partial charge on any atom is 0.176 e. The van der Waals surface area contributed by atoms with E-state index in [-0.39, 0.29) is 17.9 Å². The molecule has 1 aliphatic heterocycles. The number of hydrogen-bond donors (Lipinski definition) is 1. The van der Waals surface area contributed by atoms with Crippen LogP contribution in [0.15, 0.2) is 42.5 Å². The maximum absolute atomic E-state index is 11.5. The fraction of sp³-hybridized carbons (Fsp3) is 0.250. The number of Topliss-reactive ketones (excluding diaryl/α,β-unsaturated/α-hetero) is 1. The molecular formula is C12H13NO. The van der Waals surface area contributed by atoms with Crippen LogP contribution in [-0.2, 0) is 4.79 Å². The van der Waals surface area contributed by atoms with Gasteiger partial charge in [-0.15, -0.1) is 0 Å². The number of ketones is 1. The number of carbonyl (C=O) groups excluding carboxylic acids is 1. The van der Waals surface area contributed by atoms with Crippen LogP contribution in [-0.4, -0.2) is 11.8 Å². The van der Waals surface area contributed by atoms with Crippen molar-refractivity contribution < 1.29 is 4.79 Å². The molecule has 0 aromatic heterocycles. The number of nitrogens with one attached hydrogen (secondary N) is 1. The van der Waals surface area contributed by atoms with E-state index in [1.165, 1.54) is 5.56 Å². The lowest BCUT2D eigenvalue weighted by atomic mass is 10.1. The zero-order valence-corrected chi connectivity index (χ0v) is 8.16. The van der Waals surface area contributed by atoms with Gasteiger partial charge >= 0.3 is 0 Å². The highest BCUT2D eigenvalue weighted by Crippen LogP contribution is 2.31. The van der Waals surface area contributed by atoms with Crippen molar-refractivity contribution in [3.8, 4) is 0 Å². The third kappa shape index (κ3) is 1.61. The minimum Gasteiger partial charge on any atom is -0.297 e. The second-order valence-corrected chi connectivity index (χ2v) is 3.68. The molecule has 2 nitrogen and oxygen atoms in total. The summed E-state index contributed by atoms with van der Waals surface area (Å²) in [5.74, 6) is 0.124. The van der Waals surface area contributed by atoms with Crippen molar-refractivity contribution in [1.29, 1.82) is 0 Å². The van der Waals surface area contributed by atoms with Gasteiger partial charge in [0, 0.05) is 0 Å². The molecule has 1 aliphatic rings. The van der Waals surface area contributed by atoms with E-state index in [2.05, 4.69) is 11.9 Å². The Morgan fingerprint density at radius 3 is 2.57 bits per heavy atom. The molecule has 2 rings (SSSR count). The minimum absolute atomic E-state index is 0.0464. The fourth-order valence-electron chi connectivity index (χ4n) is 1.58. The van der Waals surface area contributed by atoms with E-state index in [1.807, 2.05) is 30.3 Å². The summed E-state index contributed by atoms with van der Waals surface area (Å²) in [4.78, 5) is 11.5. The highest BCUT2D eigenvalue weighted by atomic mass is 16.1.